The van der Waals surface area contributed by atoms with Gasteiger partial charge in [0.15, 0.2) is 0 Å². The lowest BCUT2D eigenvalue weighted by Crippen LogP contribution is -2.22. The van der Waals surface area contributed by atoms with Crippen molar-refractivity contribution >= 4 is 11.5 Å². The lowest BCUT2D eigenvalue weighted by molar-refractivity contribution is -0.386. The highest BCUT2D eigenvalue weighted by Crippen LogP contribution is 2.07. The number of hydrogen-bond donors (Lipinski definition) is 2. The molecule has 19 heavy (non-hydrogen) atoms. The van der Waals surface area contributed by atoms with Crippen molar-refractivity contribution in [2.24, 2.45) is 5.84 Å². The van der Waals surface area contributed by atoms with Gasteiger partial charge in [-0.15, -0.1) is 0 Å². The smallest absolute Gasteiger partial charge is 0.308 e. The monoisotopic (exact) mass is 261 g/mol. The molecule has 0 aliphatic heterocycles. The molecule has 0 spiro atoms. The van der Waals surface area contributed by atoms with Crippen LogP contribution < -0.4 is 16.8 Å². The van der Waals surface area contributed by atoms with Crippen LogP contribution in [0.2, 0.25) is 0 Å². The molecule has 3 N–H and O–H groups in total. The summed E-state index contributed by atoms with van der Waals surface area (Å²) in [5.41, 5.74) is 2.03. The maximum atomic E-state index is 11.8. The Bertz CT molecular complexity index is 650. The first kappa shape index (κ1) is 12.7. The largest absolute Gasteiger partial charge is 0.334 e. The first-order chi connectivity index (χ1) is 9.11. The normalized spacial score (nSPS) is 10.2. The molecule has 2 aromatic heterocycles. The van der Waals surface area contributed by atoms with Gasteiger partial charge in [0.25, 0.3) is 0 Å². The van der Waals surface area contributed by atoms with Crippen molar-refractivity contribution < 1.29 is 4.92 Å². The molecule has 0 amide bonds. The molecular formula is C11H11N5O3. The number of rotatable bonds is 4. The van der Waals surface area contributed by atoms with Crippen molar-refractivity contribution in [2.75, 3.05) is 5.43 Å². The van der Waals surface area contributed by atoms with Crippen molar-refractivity contribution in [3.8, 4) is 0 Å². The standard InChI is InChI=1S/C11H11N5O3/c12-14-10-4-3-8(6-13-10)7-15-5-1-2-9(11(15)17)16(18)19/h1-6H,7,12H2,(H,13,14). The number of hydrazine groups is 1. The summed E-state index contributed by atoms with van der Waals surface area (Å²) in [5, 5.41) is 10.7. The average molecular weight is 261 g/mol. The van der Waals surface area contributed by atoms with Crippen molar-refractivity contribution in [3.05, 3.63) is 62.7 Å². The van der Waals surface area contributed by atoms with Crippen molar-refractivity contribution in [2.45, 2.75) is 6.54 Å². The molecule has 8 nitrogen and oxygen atoms in total. The molecule has 98 valence electrons. The first-order valence-corrected chi connectivity index (χ1v) is 5.37. The van der Waals surface area contributed by atoms with Gasteiger partial charge in [0.05, 0.1) is 11.5 Å². The summed E-state index contributed by atoms with van der Waals surface area (Å²) in [5.74, 6) is 5.68. The molecule has 0 bridgehead atoms. The molecule has 8 heteroatoms. The van der Waals surface area contributed by atoms with E-state index in [1.165, 1.54) is 22.9 Å². The Morgan fingerprint density at radius 1 is 1.42 bits per heavy atom. The Hall–Kier alpha value is -2.74. The topological polar surface area (TPSA) is 116 Å². The van der Waals surface area contributed by atoms with Crippen LogP contribution in [0.5, 0.6) is 0 Å². The zero-order valence-corrected chi connectivity index (χ0v) is 9.81. The Labute approximate surface area is 107 Å². The van der Waals surface area contributed by atoms with Crippen LogP contribution in [0.3, 0.4) is 0 Å². The zero-order chi connectivity index (χ0) is 13.8. The van der Waals surface area contributed by atoms with E-state index in [9.17, 15) is 14.9 Å². The van der Waals surface area contributed by atoms with Gasteiger partial charge in [-0.3, -0.25) is 14.9 Å². The minimum atomic E-state index is -0.696. The molecular weight excluding hydrogens is 250 g/mol. The minimum absolute atomic E-state index is 0.207. The van der Waals surface area contributed by atoms with E-state index < -0.39 is 16.2 Å². The second kappa shape index (κ2) is 5.27. The van der Waals surface area contributed by atoms with Crippen molar-refractivity contribution in [1.29, 1.82) is 0 Å². The predicted molar refractivity (Wildman–Crippen MR) is 68.5 cm³/mol. The summed E-state index contributed by atoms with van der Waals surface area (Å²) < 4.78 is 1.25. The first-order valence-electron chi connectivity index (χ1n) is 5.37. The molecule has 2 rings (SSSR count). The Kier molecular flexibility index (Phi) is 3.53. The number of nitrogens with one attached hydrogen (secondary N) is 1. The van der Waals surface area contributed by atoms with E-state index in [4.69, 9.17) is 5.84 Å². The lowest BCUT2D eigenvalue weighted by Gasteiger charge is -2.05. The number of nitro groups is 1. The van der Waals surface area contributed by atoms with Gasteiger partial charge in [0, 0.05) is 18.5 Å². The molecule has 2 heterocycles. The van der Waals surface area contributed by atoms with Crippen LogP contribution in [0.25, 0.3) is 0 Å². The SMILES string of the molecule is NNc1ccc(Cn2cccc([N+](=O)[O-])c2=O)cn1. The highest BCUT2D eigenvalue weighted by Gasteiger charge is 2.13. The maximum Gasteiger partial charge on any atom is 0.334 e. The van der Waals surface area contributed by atoms with Crippen LogP contribution >= 0.6 is 0 Å². The van der Waals surface area contributed by atoms with Crippen LogP contribution in [0, 0.1) is 10.1 Å². The fourth-order valence-corrected chi connectivity index (χ4v) is 1.59. The molecule has 0 saturated carbocycles. The van der Waals surface area contributed by atoms with E-state index in [-0.39, 0.29) is 6.54 Å². The molecule has 0 aliphatic rings. The maximum absolute atomic E-state index is 11.8. The second-order valence-electron chi connectivity index (χ2n) is 3.78. The molecule has 0 fully saturated rings. The number of nitrogens with two attached hydrogens (primary N) is 1. The summed E-state index contributed by atoms with van der Waals surface area (Å²) >= 11 is 0. The number of nitrogens with zero attached hydrogens (tertiary/aromatic N) is 3. The van der Waals surface area contributed by atoms with E-state index in [0.717, 1.165) is 5.56 Å². The Balaban J connectivity index is 2.30. The fraction of sp³-hybridized carbons (Fsp3) is 0.0909. The van der Waals surface area contributed by atoms with Crippen LogP contribution in [0.15, 0.2) is 41.5 Å². The summed E-state index contributed by atoms with van der Waals surface area (Å²) in [6, 6.07) is 6.02. The van der Waals surface area contributed by atoms with Crippen LogP contribution in [-0.4, -0.2) is 14.5 Å². The summed E-state index contributed by atoms with van der Waals surface area (Å²) in [7, 11) is 0. The van der Waals surface area contributed by atoms with Gasteiger partial charge in [-0.05, 0) is 17.7 Å². The van der Waals surface area contributed by atoms with Crippen molar-refractivity contribution in [1.82, 2.24) is 9.55 Å². The van der Waals surface area contributed by atoms with Gasteiger partial charge >= 0.3 is 11.2 Å². The minimum Gasteiger partial charge on any atom is -0.308 e. The number of nitrogen functional groups attached to an aromatic ring is 1. The Morgan fingerprint density at radius 3 is 2.79 bits per heavy atom. The van der Waals surface area contributed by atoms with E-state index in [0.29, 0.717) is 5.82 Å². The van der Waals surface area contributed by atoms with Gasteiger partial charge in [-0.2, -0.15) is 0 Å². The van der Waals surface area contributed by atoms with E-state index >= 15 is 0 Å². The molecule has 0 unspecified atom stereocenters. The Morgan fingerprint density at radius 2 is 2.21 bits per heavy atom. The van der Waals surface area contributed by atoms with Gasteiger partial charge < -0.3 is 9.99 Å². The third-order valence-electron chi connectivity index (χ3n) is 2.52. The number of aromatic nitrogens is 2. The van der Waals surface area contributed by atoms with E-state index in [1.54, 1.807) is 18.3 Å². The second-order valence-corrected chi connectivity index (χ2v) is 3.78. The summed E-state index contributed by atoms with van der Waals surface area (Å²) in [6.07, 6.45) is 3.03. The van der Waals surface area contributed by atoms with Gasteiger partial charge in [0.1, 0.15) is 5.82 Å². The third kappa shape index (κ3) is 2.75. The van der Waals surface area contributed by atoms with E-state index in [2.05, 4.69) is 10.4 Å². The summed E-state index contributed by atoms with van der Waals surface area (Å²) in [4.78, 5) is 25.8. The van der Waals surface area contributed by atoms with Crippen LogP contribution in [-0.2, 0) is 6.54 Å². The summed E-state index contributed by atoms with van der Waals surface area (Å²) in [6.45, 7) is 0.207. The average Bonchev–Trinajstić information content (AvgIpc) is 2.41. The number of anilines is 1. The van der Waals surface area contributed by atoms with Gasteiger partial charge in [-0.25, -0.2) is 10.8 Å². The highest BCUT2D eigenvalue weighted by atomic mass is 16.6. The highest BCUT2D eigenvalue weighted by molar-refractivity contribution is 5.34. The van der Waals surface area contributed by atoms with Gasteiger partial charge in [0.2, 0.25) is 0 Å². The van der Waals surface area contributed by atoms with Crippen LogP contribution in [0.1, 0.15) is 5.56 Å². The molecule has 0 atom stereocenters. The predicted octanol–water partition coefficient (Wildman–Crippen LogP) is 0.485. The number of hydrogen-bond acceptors (Lipinski definition) is 6. The quantitative estimate of drug-likeness (QED) is 0.470. The molecule has 0 radical (unpaired) electrons. The zero-order valence-electron chi connectivity index (χ0n) is 9.81. The third-order valence-corrected chi connectivity index (χ3v) is 2.52. The van der Waals surface area contributed by atoms with Gasteiger partial charge in [-0.1, -0.05) is 6.07 Å². The van der Waals surface area contributed by atoms with Crippen molar-refractivity contribution in [3.63, 3.8) is 0 Å². The fourth-order valence-electron chi connectivity index (χ4n) is 1.59. The molecule has 0 aliphatic carbocycles. The number of pyridine rings is 2. The molecule has 0 saturated heterocycles. The van der Waals surface area contributed by atoms with E-state index in [1.807, 2.05) is 0 Å². The lowest BCUT2D eigenvalue weighted by atomic mass is 10.2. The molecule has 0 aromatic carbocycles. The molecule has 2 aromatic rings. The van der Waals surface area contributed by atoms with Crippen LogP contribution in [0.4, 0.5) is 11.5 Å².